The first kappa shape index (κ1) is 20.3. The molecule has 0 N–H and O–H groups in total. The van der Waals surface area contributed by atoms with Crippen LogP contribution in [0.1, 0.15) is 41.5 Å². The monoisotopic (exact) mass is 500 g/mol. The number of carbonyl (C=O) groups excluding carboxylic acids is 2. The zero-order valence-corrected chi connectivity index (χ0v) is 21.8. The van der Waals surface area contributed by atoms with Crippen LogP contribution < -0.4 is 0 Å². The molecule has 13 fully saturated rings. The molecule has 8 nitrogen and oxygen atoms in total. The van der Waals surface area contributed by atoms with E-state index in [-0.39, 0.29) is 83.3 Å². The maximum absolute atomic E-state index is 14.4. The minimum absolute atomic E-state index is 0.0703. The van der Waals surface area contributed by atoms with E-state index in [2.05, 4.69) is 41.5 Å². The first-order chi connectivity index (χ1) is 16.6. The van der Waals surface area contributed by atoms with Crippen molar-refractivity contribution in [2.75, 3.05) is 0 Å². The summed E-state index contributed by atoms with van der Waals surface area (Å²) in [4.78, 5) is 28.8. The summed E-state index contributed by atoms with van der Waals surface area (Å²) in [5.41, 5.74) is -2.34. The van der Waals surface area contributed by atoms with Gasteiger partial charge < -0.3 is 27.8 Å². The average molecular weight is 501 g/mol. The van der Waals surface area contributed by atoms with E-state index < -0.39 is 42.4 Å². The van der Waals surface area contributed by atoms with Gasteiger partial charge in [0.1, 0.15) is 24.4 Å². The lowest BCUT2D eigenvalue weighted by molar-refractivity contribution is -0.612. The Morgan fingerprint density at radius 3 is 1.46 bits per heavy atom. The maximum Gasteiger partial charge on any atom is 0.344 e. The molecule has 0 unspecified atom stereocenters. The molecule has 4 spiro atoms. The van der Waals surface area contributed by atoms with Gasteiger partial charge in [0.15, 0.2) is 11.6 Å². The lowest BCUT2D eigenvalue weighted by Crippen LogP contribution is -3.13. The Labute approximate surface area is 204 Å². The van der Waals surface area contributed by atoms with Crippen molar-refractivity contribution in [1.82, 2.24) is 0 Å². The predicted octanol–water partition coefficient (Wildman–Crippen LogP) is 1.53. The second-order valence-corrected chi connectivity index (χ2v) is 18.1. The van der Waals surface area contributed by atoms with Gasteiger partial charge in [-0.25, -0.2) is 0 Å². The van der Waals surface area contributed by atoms with Crippen molar-refractivity contribution >= 4 is 20.1 Å². The van der Waals surface area contributed by atoms with E-state index >= 15 is 0 Å². The second kappa shape index (κ2) is 5.01. The molecule has 0 aromatic rings. The Kier molecular flexibility index (Phi) is 2.91. The van der Waals surface area contributed by atoms with Gasteiger partial charge in [0.2, 0.25) is 0 Å². The number of hydrogen-bond acceptors (Lipinski definition) is 8. The summed E-state index contributed by atoms with van der Waals surface area (Å²) in [6, 6.07) is 0. The van der Waals surface area contributed by atoms with E-state index in [1.807, 2.05) is 0 Å². The van der Waals surface area contributed by atoms with Crippen LogP contribution in [0.25, 0.3) is 0 Å². The molecule has 16 atom stereocenters. The van der Waals surface area contributed by atoms with Crippen LogP contribution >= 0.6 is 0 Å². The number of Topliss-reactive ketones (excluding diaryl/α,β-unsaturated/α-hetero) is 2. The third kappa shape index (κ3) is 1.34. The number of fused-ring (bicyclic) bond motifs is 6. The minimum atomic E-state index is -2.84. The van der Waals surface area contributed by atoms with E-state index in [0.717, 1.165) is 0 Å². The summed E-state index contributed by atoms with van der Waals surface area (Å²) in [5, 5.41) is 0. The summed E-state index contributed by atoms with van der Waals surface area (Å²) in [6.07, 6.45) is -3.00. The van der Waals surface area contributed by atoms with Crippen LogP contribution in [-0.4, -0.2) is 81.2 Å². The van der Waals surface area contributed by atoms with E-state index in [1.54, 1.807) is 0 Å². The Bertz CT molecular complexity index is 1100. The van der Waals surface area contributed by atoms with Gasteiger partial charge in [-0.3, -0.25) is 9.59 Å². The van der Waals surface area contributed by atoms with Gasteiger partial charge in [-0.2, -0.15) is 0 Å². The highest BCUT2D eigenvalue weighted by molar-refractivity contribution is 6.70. The Hall–Kier alpha value is -0.683. The molecule has 188 valence electrons. The van der Waals surface area contributed by atoms with Crippen LogP contribution in [0.15, 0.2) is 0 Å². The average Bonchev–Trinajstić information content (AvgIpc) is 3.70. The lowest BCUT2D eigenvalue weighted by atomic mass is 9.03. The van der Waals surface area contributed by atoms with Gasteiger partial charge in [-0.15, -0.1) is 0 Å². The van der Waals surface area contributed by atoms with Gasteiger partial charge in [0.05, 0.1) is 58.3 Å². The maximum atomic E-state index is 14.4. The van der Waals surface area contributed by atoms with E-state index in [1.165, 1.54) is 0 Å². The van der Waals surface area contributed by atoms with Crippen molar-refractivity contribution in [3.8, 4) is 0 Å². The van der Waals surface area contributed by atoms with Crippen LogP contribution in [0.3, 0.4) is 0 Å². The molecule has 13 rings (SSSR count). The summed E-state index contributed by atoms with van der Waals surface area (Å²) >= 11 is 0. The molecule has 0 aromatic heterocycles. The lowest BCUT2D eigenvalue weighted by Gasteiger charge is -3.01. The Morgan fingerprint density at radius 2 is 1.09 bits per heavy atom. The highest BCUT2D eigenvalue weighted by Crippen LogP contribution is 3.03. The molecule has 7 aliphatic heterocycles. The molecule has 0 aromatic carbocycles. The van der Waals surface area contributed by atoms with Gasteiger partial charge in [0, 0.05) is 11.8 Å². The molecule has 6 aliphatic carbocycles. The van der Waals surface area contributed by atoms with Crippen LogP contribution in [0.2, 0.25) is 11.1 Å². The third-order valence-corrected chi connectivity index (χ3v) is 17.4. The van der Waals surface area contributed by atoms with Gasteiger partial charge in [0.25, 0.3) is 0 Å². The smallest absolute Gasteiger partial charge is 0.344 e. The fourth-order valence-electron chi connectivity index (χ4n) is 12.7. The Morgan fingerprint density at radius 1 is 0.686 bits per heavy atom. The first-order valence-corrected chi connectivity index (χ1v) is 15.7. The van der Waals surface area contributed by atoms with Crippen molar-refractivity contribution in [2.24, 2.45) is 33.5 Å². The van der Waals surface area contributed by atoms with E-state index in [0.29, 0.717) is 0 Å². The molecule has 8 bridgehead atoms. The molecule has 13 aliphatic rings. The number of carbonyl (C=O) groups is 2. The second-order valence-electron chi connectivity index (χ2n) is 13.8. The van der Waals surface area contributed by atoms with E-state index in [4.69, 9.17) is 27.8 Å². The molecule has 6 saturated carbocycles. The molecule has 9 heteroatoms. The standard InChI is InChI=1S/C26H32O8Si/c1-7(2)35(8(3)4)33-19-15-13(31-15)17(27)23-11-9(5)29-21-24-12(11)10(6)30-22(23)26(24,25(19,21)23)20(34-35)16-14(32-16)18(24)28/h7-16,19-22H,1-6H3/t9-,10-,11+,12+,13-,14-,15+,16+,19-,20-,21-,22-,23-,24-,25+,26+/m1/s1. The van der Waals surface area contributed by atoms with Crippen molar-refractivity contribution in [3.63, 3.8) is 0 Å². The summed E-state index contributed by atoms with van der Waals surface area (Å²) in [7, 11) is -2.84. The molecular formula is C26H32O8Si. The summed E-state index contributed by atoms with van der Waals surface area (Å²) in [6.45, 7) is 13.0. The summed E-state index contributed by atoms with van der Waals surface area (Å²) < 4.78 is 40.8. The van der Waals surface area contributed by atoms with Gasteiger partial charge in [-0.1, -0.05) is 27.7 Å². The van der Waals surface area contributed by atoms with Crippen LogP contribution in [0, 0.1) is 33.5 Å². The number of epoxide rings is 2. The van der Waals surface area contributed by atoms with Gasteiger partial charge >= 0.3 is 8.56 Å². The number of ether oxygens (including phenoxy) is 4. The fourth-order valence-corrected chi connectivity index (χ4v) is 16.6. The van der Waals surface area contributed by atoms with Crippen LogP contribution in [-0.2, 0) is 37.4 Å². The quantitative estimate of drug-likeness (QED) is 0.416. The number of hydrogen-bond donors (Lipinski definition) is 0. The SMILES string of the molecule is CC(C)[Si]1(C(C)C)O[C@@H]2[C@H]3O[C@H]3C(=O)[C@]34[C@@H]5[C@@H]6[C@@H](C)O[C@H]3[C@@]37[C@H](O1)[C@H]1O[C@H]1C(=O)[C@@]63[C@@H](O[C@@H]5C)[C@@]247. The predicted molar refractivity (Wildman–Crippen MR) is 118 cm³/mol. The largest absolute Gasteiger partial charge is 0.387 e. The molecule has 7 saturated heterocycles. The molecule has 35 heavy (non-hydrogen) atoms. The molecular weight excluding hydrogens is 468 g/mol. The zero-order chi connectivity index (χ0) is 24.0. The van der Waals surface area contributed by atoms with Crippen molar-refractivity contribution in [1.29, 1.82) is 0 Å². The van der Waals surface area contributed by atoms with Gasteiger partial charge in [-0.05, 0) is 24.9 Å². The van der Waals surface area contributed by atoms with Crippen molar-refractivity contribution in [2.45, 2.75) is 114 Å². The first-order valence-electron chi connectivity index (χ1n) is 13.7. The van der Waals surface area contributed by atoms with Crippen LogP contribution in [0.5, 0.6) is 0 Å². The van der Waals surface area contributed by atoms with Crippen molar-refractivity contribution in [3.05, 3.63) is 0 Å². The minimum Gasteiger partial charge on any atom is -0.387 e. The number of rotatable bonds is 2. The van der Waals surface area contributed by atoms with Crippen molar-refractivity contribution < 1.29 is 37.4 Å². The highest BCUT2D eigenvalue weighted by Gasteiger charge is 3.16. The number of ketones is 2. The molecule has 0 amide bonds. The normalized spacial score (nSPS) is 70.1. The Balaban J connectivity index is 1.34. The molecule has 0 radical (unpaired) electrons. The third-order valence-electron chi connectivity index (χ3n) is 13.0. The zero-order valence-electron chi connectivity index (χ0n) is 20.8. The fraction of sp³-hybridized carbons (Fsp3) is 0.923. The van der Waals surface area contributed by atoms with E-state index in [9.17, 15) is 9.59 Å². The van der Waals surface area contributed by atoms with Crippen LogP contribution in [0.4, 0.5) is 0 Å². The summed E-state index contributed by atoms with van der Waals surface area (Å²) in [5.74, 6) is 0.223. The highest BCUT2D eigenvalue weighted by atomic mass is 28.4. The topological polar surface area (TPSA) is 96.1 Å². The molecule has 7 heterocycles.